The van der Waals surface area contributed by atoms with Gasteiger partial charge in [0.2, 0.25) is 0 Å². The molecule has 4 heterocycles. The molecule has 1 amide bonds. The summed E-state index contributed by atoms with van der Waals surface area (Å²) in [4.78, 5) is 17.7. The quantitative estimate of drug-likeness (QED) is 0.540. The summed E-state index contributed by atoms with van der Waals surface area (Å²) < 4.78 is 7.00. The molecule has 28 heavy (non-hydrogen) atoms. The first-order valence-electron chi connectivity index (χ1n) is 8.86. The van der Waals surface area contributed by atoms with Crippen molar-refractivity contribution in [1.82, 2.24) is 25.2 Å². The maximum Gasteiger partial charge on any atom is 0.256 e. The predicted molar refractivity (Wildman–Crippen MR) is 107 cm³/mol. The Hall–Kier alpha value is -3.26. The van der Waals surface area contributed by atoms with E-state index in [4.69, 9.17) is 4.52 Å². The summed E-state index contributed by atoms with van der Waals surface area (Å²) in [5.41, 5.74) is 4.23. The molecule has 1 N–H and O–H groups in total. The Morgan fingerprint density at radius 2 is 2.07 bits per heavy atom. The first-order chi connectivity index (χ1) is 13.6. The second-order valence-corrected chi connectivity index (χ2v) is 7.25. The van der Waals surface area contributed by atoms with Crippen molar-refractivity contribution in [3.05, 3.63) is 65.3 Å². The number of carbonyl (C=O) groups is 1. The van der Waals surface area contributed by atoms with Crippen molar-refractivity contribution >= 4 is 17.2 Å². The number of aromatic nitrogens is 4. The summed E-state index contributed by atoms with van der Waals surface area (Å²) in [6.45, 7) is 4.49. The highest BCUT2D eigenvalue weighted by atomic mass is 32.1. The fourth-order valence-corrected chi connectivity index (χ4v) is 3.93. The van der Waals surface area contributed by atoms with Gasteiger partial charge in [0.05, 0.1) is 29.0 Å². The third-order valence-corrected chi connectivity index (χ3v) is 5.33. The van der Waals surface area contributed by atoms with Crippen LogP contribution in [0.15, 0.2) is 52.8 Å². The number of nitrogens with one attached hydrogen (secondary N) is 1. The van der Waals surface area contributed by atoms with Gasteiger partial charge in [-0.05, 0) is 43.0 Å². The Kier molecular flexibility index (Phi) is 5.03. The van der Waals surface area contributed by atoms with Crippen molar-refractivity contribution < 1.29 is 9.32 Å². The average Bonchev–Trinajstić information content (AvgIpc) is 3.43. The molecule has 0 spiro atoms. The van der Waals surface area contributed by atoms with Crippen LogP contribution in [0.25, 0.3) is 21.7 Å². The number of thiophene rings is 1. The lowest BCUT2D eigenvalue weighted by Gasteiger charge is -2.10. The predicted octanol–water partition coefficient (Wildman–Crippen LogP) is 3.71. The third kappa shape index (κ3) is 3.46. The summed E-state index contributed by atoms with van der Waals surface area (Å²) in [6, 6.07) is 8.04. The van der Waals surface area contributed by atoms with Crippen LogP contribution in [-0.4, -0.2) is 32.4 Å². The van der Waals surface area contributed by atoms with E-state index in [0.29, 0.717) is 30.1 Å². The smallest absolute Gasteiger partial charge is 0.256 e. The minimum atomic E-state index is -0.185. The van der Waals surface area contributed by atoms with E-state index in [9.17, 15) is 4.79 Å². The van der Waals surface area contributed by atoms with Gasteiger partial charge < -0.3 is 9.84 Å². The number of pyridine rings is 1. The Morgan fingerprint density at radius 3 is 2.75 bits per heavy atom. The van der Waals surface area contributed by atoms with Crippen molar-refractivity contribution in [2.75, 3.05) is 6.54 Å². The van der Waals surface area contributed by atoms with Crippen molar-refractivity contribution in [3.63, 3.8) is 0 Å². The first kappa shape index (κ1) is 18.1. The Balaban J connectivity index is 1.55. The number of hydrogen-bond acceptors (Lipinski definition) is 6. The molecule has 0 saturated carbocycles. The average molecular weight is 393 g/mol. The molecule has 0 aliphatic carbocycles. The van der Waals surface area contributed by atoms with Gasteiger partial charge in [0.25, 0.3) is 5.91 Å². The molecule has 0 aromatic carbocycles. The molecule has 0 fully saturated rings. The molecular formula is C20H19N5O2S. The van der Waals surface area contributed by atoms with Gasteiger partial charge in [-0.3, -0.25) is 14.5 Å². The summed E-state index contributed by atoms with van der Waals surface area (Å²) >= 11 is 1.66. The van der Waals surface area contributed by atoms with Crippen LogP contribution in [0.1, 0.15) is 21.8 Å². The SMILES string of the molecule is Cc1noc(C)c1C(=O)NCCn1ncc(-c2ccncc2)c1-c1cccs1. The van der Waals surface area contributed by atoms with E-state index in [1.54, 1.807) is 37.6 Å². The zero-order valence-corrected chi connectivity index (χ0v) is 16.4. The fourth-order valence-electron chi connectivity index (χ4n) is 3.14. The van der Waals surface area contributed by atoms with Gasteiger partial charge in [0.1, 0.15) is 11.3 Å². The zero-order valence-electron chi connectivity index (χ0n) is 15.5. The Morgan fingerprint density at radius 1 is 1.25 bits per heavy atom. The maximum atomic E-state index is 12.4. The molecule has 4 aromatic heterocycles. The van der Waals surface area contributed by atoms with E-state index in [-0.39, 0.29) is 5.91 Å². The van der Waals surface area contributed by atoms with Crippen LogP contribution >= 0.6 is 11.3 Å². The van der Waals surface area contributed by atoms with Crippen LogP contribution in [0.3, 0.4) is 0 Å². The molecule has 0 unspecified atom stereocenters. The minimum Gasteiger partial charge on any atom is -0.361 e. The van der Waals surface area contributed by atoms with E-state index in [0.717, 1.165) is 21.7 Å². The maximum absolute atomic E-state index is 12.4. The van der Waals surface area contributed by atoms with Gasteiger partial charge in [-0.1, -0.05) is 11.2 Å². The third-order valence-electron chi connectivity index (χ3n) is 4.45. The van der Waals surface area contributed by atoms with Gasteiger partial charge in [0, 0.05) is 24.5 Å². The summed E-state index contributed by atoms with van der Waals surface area (Å²) in [5.74, 6) is 0.337. The van der Waals surface area contributed by atoms with Crippen LogP contribution in [0, 0.1) is 13.8 Å². The first-order valence-corrected chi connectivity index (χ1v) is 9.74. The second kappa shape index (κ2) is 7.77. The van der Waals surface area contributed by atoms with Crippen molar-refractivity contribution in [2.45, 2.75) is 20.4 Å². The Labute approximate surface area is 166 Å². The van der Waals surface area contributed by atoms with E-state index in [1.165, 1.54) is 0 Å². The number of amides is 1. The van der Waals surface area contributed by atoms with Crippen LogP contribution < -0.4 is 5.32 Å². The second-order valence-electron chi connectivity index (χ2n) is 6.30. The normalized spacial score (nSPS) is 10.9. The highest BCUT2D eigenvalue weighted by molar-refractivity contribution is 7.13. The molecule has 0 atom stereocenters. The standard InChI is InChI=1S/C20H19N5O2S/c1-13-18(14(2)27-24-13)20(26)22-9-10-25-19(17-4-3-11-28-17)16(12-23-25)15-5-7-21-8-6-15/h3-8,11-12H,9-10H2,1-2H3,(H,22,26). The van der Waals surface area contributed by atoms with E-state index >= 15 is 0 Å². The molecule has 0 bridgehead atoms. The van der Waals surface area contributed by atoms with Crippen LogP contribution in [0.4, 0.5) is 0 Å². The lowest BCUT2D eigenvalue weighted by Crippen LogP contribution is -2.28. The molecule has 0 saturated heterocycles. The number of carbonyl (C=O) groups excluding carboxylic acids is 1. The van der Waals surface area contributed by atoms with Gasteiger partial charge in [-0.2, -0.15) is 5.10 Å². The lowest BCUT2D eigenvalue weighted by molar-refractivity contribution is 0.0950. The highest BCUT2D eigenvalue weighted by Crippen LogP contribution is 2.34. The summed E-state index contributed by atoms with van der Waals surface area (Å²) in [6.07, 6.45) is 5.41. The molecule has 4 aromatic rings. The van der Waals surface area contributed by atoms with Crippen molar-refractivity contribution in [3.8, 4) is 21.7 Å². The summed E-state index contributed by atoms with van der Waals surface area (Å²) in [5, 5.41) is 13.4. The molecular weight excluding hydrogens is 374 g/mol. The van der Waals surface area contributed by atoms with Crippen LogP contribution in [0.2, 0.25) is 0 Å². The highest BCUT2D eigenvalue weighted by Gasteiger charge is 2.18. The van der Waals surface area contributed by atoms with Gasteiger partial charge in [0.15, 0.2) is 0 Å². The molecule has 4 rings (SSSR count). The van der Waals surface area contributed by atoms with Gasteiger partial charge >= 0.3 is 0 Å². The number of rotatable bonds is 6. The zero-order chi connectivity index (χ0) is 19.5. The molecule has 0 aliphatic heterocycles. The number of aryl methyl sites for hydroxylation is 2. The van der Waals surface area contributed by atoms with Crippen molar-refractivity contribution in [1.29, 1.82) is 0 Å². The molecule has 0 aliphatic rings. The van der Waals surface area contributed by atoms with Crippen LogP contribution in [0.5, 0.6) is 0 Å². The number of hydrogen-bond donors (Lipinski definition) is 1. The fraction of sp³-hybridized carbons (Fsp3) is 0.200. The topological polar surface area (TPSA) is 85.8 Å². The van der Waals surface area contributed by atoms with E-state index < -0.39 is 0 Å². The molecule has 142 valence electrons. The molecule has 8 heteroatoms. The van der Waals surface area contributed by atoms with E-state index in [1.807, 2.05) is 34.5 Å². The van der Waals surface area contributed by atoms with Crippen molar-refractivity contribution in [2.24, 2.45) is 0 Å². The van der Waals surface area contributed by atoms with Gasteiger partial charge in [-0.25, -0.2) is 0 Å². The molecule has 7 nitrogen and oxygen atoms in total. The van der Waals surface area contributed by atoms with Gasteiger partial charge in [-0.15, -0.1) is 11.3 Å². The summed E-state index contributed by atoms with van der Waals surface area (Å²) in [7, 11) is 0. The monoisotopic (exact) mass is 393 g/mol. The largest absolute Gasteiger partial charge is 0.361 e. The lowest BCUT2D eigenvalue weighted by atomic mass is 10.1. The Bertz CT molecular complexity index is 1060. The minimum absolute atomic E-state index is 0.185. The number of nitrogens with zero attached hydrogens (tertiary/aromatic N) is 4. The van der Waals surface area contributed by atoms with E-state index in [2.05, 4.69) is 26.6 Å². The molecule has 0 radical (unpaired) electrons. The van der Waals surface area contributed by atoms with Crippen LogP contribution in [-0.2, 0) is 6.54 Å².